The van der Waals surface area contributed by atoms with Crippen molar-refractivity contribution in [2.24, 2.45) is 0 Å². The molecular formula is C26H50N2O8S2. The number of rotatable bonds is 25. The van der Waals surface area contributed by atoms with Crippen LogP contribution in [0.5, 0.6) is 0 Å². The van der Waals surface area contributed by atoms with E-state index in [0.717, 1.165) is 32.6 Å². The van der Waals surface area contributed by atoms with Crippen LogP contribution in [0.1, 0.15) is 96.8 Å². The summed E-state index contributed by atoms with van der Waals surface area (Å²) in [7, 11) is -2.60. The summed E-state index contributed by atoms with van der Waals surface area (Å²) in [5, 5.41) is 11.5. The van der Waals surface area contributed by atoms with E-state index in [1.807, 2.05) is 0 Å². The number of nitrogens with one attached hydrogen (secondary N) is 2. The molecule has 0 saturated carbocycles. The molecule has 0 aromatic heterocycles. The second-order valence-corrected chi connectivity index (χ2v) is 12.4. The summed E-state index contributed by atoms with van der Waals surface area (Å²) in [6, 6.07) is -2.47. The molecule has 0 heterocycles. The molecule has 0 aliphatic heterocycles. The standard InChI is InChI=1S/C26H50N2O8S2/c1-4-5-6-7-8-9-10-11-12-13-14-15-16-17-24(30)36-18-19-37-21-23(28-38(3,33)34)25(31)27-22(20-29)26(32)35-2/h22-23,28-29H,4-21H2,1-3H3,(H,27,31)/t22-,23-/m0/s1. The summed E-state index contributed by atoms with van der Waals surface area (Å²) in [6.07, 6.45) is 17.4. The molecule has 224 valence electrons. The molecule has 0 aromatic rings. The molecule has 12 heteroatoms. The van der Waals surface area contributed by atoms with Gasteiger partial charge in [0.05, 0.1) is 20.0 Å². The number of hydrogen-bond donors (Lipinski definition) is 3. The summed E-state index contributed by atoms with van der Waals surface area (Å²) in [5.74, 6) is -1.45. The van der Waals surface area contributed by atoms with E-state index in [-0.39, 0.29) is 18.3 Å². The number of hydrogen-bond acceptors (Lipinski definition) is 9. The lowest BCUT2D eigenvalue weighted by molar-refractivity contribution is -0.146. The van der Waals surface area contributed by atoms with Gasteiger partial charge in [-0.3, -0.25) is 9.59 Å². The molecule has 0 unspecified atom stereocenters. The number of thioether (sulfide) groups is 1. The normalized spacial score (nSPS) is 13.1. The molecule has 1 amide bonds. The van der Waals surface area contributed by atoms with Gasteiger partial charge in [-0.1, -0.05) is 84.0 Å². The fourth-order valence-electron chi connectivity index (χ4n) is 3.79. The van der Waals surface area contributed by atoms with Crippen molar-refractivity contribution < 1.29 is 37.4 Å². The lowest BCUT2D eigenvalue weighted by Gasteiger charge is -2.20. The lowest BCUT2D eigenvalue weighted by Crippen LogP contribution is -2.53. The van der Waals surface area contributed by atoms with E-state index >= 15 is 0 Å². The van der Waals surface area contributed by atoms with Crippen LogP contribution in [0.15, 0.2) is 0 Å². The molecular weight excluding hydrogens is 532 g/mol. The van der Waals surface area contributed by atoms with Gasteiger partial charge in [0, 0.05) is 17.9 Å². The molecule has 0 rings (SSSR count). The highest BCUT2D eigenvalue weighted by molar-refractivity contribution is 7.99. The number of sulfonamides is 1. The van der Waals surface area contributed by atoms with Crippen LogP contribution < -0.4 is 10.0 Å². The van der Waals surface area contributed by atoms with Crippen molar-refractivity contribution in [3.05, 3.63) is 0 Å². The first-order valence-electron chi connectivity index (χ1n) is 13.8. The molecule has 0 aliphatic rings. The van der Waals surface area contributed by atoms with E-state index in [2.05, 4.69) is 21.7 Å². The predicted octanol–water partition coefficient (Wildman–Crippen LogP) is 3.31. The number of amides is 1. The number of carbonyl (C=O) groups excluding carboxylic acids is 3. The minimum Gasteiger partial charge on any atom is -0.467 e. The van der Waals surface area contributed by atoms with Crippen LogP contribution in [0.3, 0.4) is 0 Å². The van der Waals surface area contributed by atoms with Crippen molar-refractivity contribution >= 4 is 39.6 Å². The monoisotopic (exact) mass is 582 g/mol. The Labute approximate surface area is 233 Å². The van der Waals surface area contributed by atoms with Crippen LogP contribution in [-0.2, 0) is 33.9 Å². The van der Waals surface area contributed by atoms with Gasteiger partial charge in [-0.05, 0) is 6.42 Å². The molecule has 3 N–H and O–H groups in total. The molecule has 38 heavy (non-hydrogen) atoms. The molecule has 0 radical (unpaired) electrons. The first-order valence-corrected chi connectivity index (χ1v) is 16.9. The van der Waals surface area contributed by atoms with Crippen LogP contribution in [0, 0.1) is 0 Å². The maximum atomic E-state index is 12.4. The van der Waals surface area contributed by atoms with E-state index in [9.17, 15) is 27.9 Å². The number of carbonyl (C=O) groups is 3. The van der Waals surface area contributed by atoms with E-state index in [4.69, 9.17) is 4.74 Å². The number of aliphatic hydroxyl groups is 1. The van der Waals surface area contributed by atoms with E-state index in [1.54, 1.807) is 0 Å². The molecule has 2 atom stereocenters. The van der Waals surface area contributed by atoms with E-state index in [0.29, 0.717) is 12.2 Å². The number of methoxy groups -OCH3 is 1. The molecule has 10 nitrogen and oxygen atoms in total. The minimum atomic E-state index is -3.71. The molecule has 0 fully saturated rings. The third-order valence-electron chi connectivity index (χ3n) is 5.92. The summed E-state index contributed by atoms with van der Waals surface area (Å²) in [4.78, 5) is 35.9. The summed E-state index contributed by atoms with van der Waals surface area (Å²) in [6.45, 7) is 1.70. The topological polar surface area (TPSA) is 148 Å². The van der Waals surface area contributed by atoms with Crippen molar-refractivity contribution in [2.45, 2.75) is 109 Å². The van der Waals surface area contributed by atoms with Gasteiger partial charge in [0.2, 0.25) is 15.9 Å². The van der Waals surface area contributed by atoms with Crippen molar-refractivity contribution in [1.82, 2.24) is 10.0 Å². The maximum Gasteiger partial charge on any atom is 0.330 e. The SMILES string of the molecule is CCCCCCCCCCCCCCCC(=O)OCCSC[C@H](NS(C)(=O)=O)C(=O)N[C@@H](CO)C(=O)OC. The summed E-state index contributed by atoms with van der Waals surface area (Å²) >= 11 is 1.23. The van der Waals surface area contributed by atoms with Crippen LogP contribution in [0.2, 0.25) is 0 Å². The molecule has 0 aliphatic carbocycles. The van der Waals surface area contributed by atoms with Crippen molar-refractivity contribution in [3.63, 3.8) is 0 Å². The van der Waals surface area contributed by atoms with Crippen molar-refractivity contribution in [3.8, 4) is 0 Å². The van der Waals surface area contributed by atoms with Gasteiger partial charge >= 0.3 is 11.9 Å². The van der Waals surface area contributed by atoms with Gasteiger partial charge in [-0.15, -0.1) is 0 Å². The zero-order valence-electron chi connectivity index (χ0n) is 23.5. The van der Waals surface area contributed by atoms with Crippen LogP contribution in [0.25, 0.3) is 0 Å². The third kappa shape index (κ3) is 21.6. The van der Waals surface area contributed by atoms with Gasteiger partial charge in [-0.2, -0.15) is 11.8 Å². The van der Waals surface area contributed by atoms with E-state index in [1.165, 1.54) is 76.0 Å². The van der Waals surface area contributed by atoms with Gasteiger partial charge in [0.1, 0.15) is 12.6 Å². The quantitative estimate of drug-likeness (QED) is 0.109. The Bertz CT molecular complexity index is 750. The summed E-state index contributed by atoms with van der Waals surface area (Å²) in [5.41, 5.74) is 0. The largest absolute Gasteiger partial charge is 0.467 e. The number of unbranched alkanes of at least 4 members (excludes halogenated alkanes) is 12. The average Bonchev–Trinajstić information content (AvgIpc) is 2.87. The van der Waals surface area contributed by atoms with Crippen LogP contribution in [0.4, 0.5) is 0 Å². The second-order valence-electron chi connectivity index (χ2n) is 9.50. The zero-order valence-corrected chi connectivity index (χ0v) is 25.1. The predicted molar refractivity (Wildman–Crippen MR) is 151 cm³/mol. The molecule has 0 aromatic carbocycles. The Hall–Kier alpha value is -1.37. The Kier molecular flexibility index (Phi) is 22.7. The summed E-state index contributed by atoms with van der Waals surface area (Å²) < 4.78 is 35.2. The Morgan fingerprint density at radius 2 is 1.39 bits per heavy atom. The van der Waals surface area contributed by atoms with Gasteiger partial charge in [-0.25, -0.2) is 17.9 Å². The minimum absolute atomic E-state index is 0.0502. The van der Waals surface area contributed by atoms with E-state index < -0.39 is 40.6 Å². The average molecular weight is 583 g/mol. The number of ether oxygens (including phenoxy) is 2. The fourth-order valence-corrected chi connectivity index (χ4v) is 5.44. The molecule has 0 saturated heterocycles. The Morgan fingerprint density at radius 1 is 0.868 bits per heavy atom. The highest BCUT2D eigenvalue weighted by atomic mass is 32.2. The lowest BCUT2D eigenvalue weighted by atomic mass is 10.0. The van der Waals surface area contributed by atoms with Gasteiger partial charge < -0.3 is 19.9 Å². The first-order chi connectivity index (χ1) is 18.1. The number of aliphatic hydroxyl groups excluding tert-OH is 1. The van der Waals surface area contributed by atoms with Crippen LogP contribution >= 0.6 is 11.8 Å². The van der Waals surface area contributed by atoms with Crippen molar-refractivity contribution in [2.75, 3.05) is 38.1 Å². The molecule has 0 spiro atoms. The fraction of sp³-hybridized carbons (Fsp3) is 0.885. The van der Waals surface area contributed by atoms with Crippen LogP contribution in [-0.4, -0.2) is 81.5 Å². The van der Waals surface area contributed by atoms with Gasteiger partial charge in [0.15, 0.2) is 6.04 Å². The number of esters is 2. The highest BCUT2D eigenvalue weighted by Crippen LogP contribution is 2.13. The maximum absolute atomic E-state index is 12.4. The Morgan fingerprint density at radius 3 is 1.87 bits per heavy atom. The molecule has 0 bridgehead atoms. The smallest absolute Gasteiger partial charge is 0.330 e. The Balaban J connectivity index is 3.97. The first kappa shape index (κ1) is 36.6. The third-order valence-corrected chi connectivity index (χ3v) is 7.65. The second kappa shape index (κ2) is 23.5. The van der Waals surface area contributed by atoms with Gasteiger partial charge in [0.25, 0.3) is 0 Å². The highest BCUT2D eigenvalue weighted by Gasteiger charge is 2.27. The van der Waals surface area contributed by atoms with Crippen molar-refractivity contribution in [1.29, 1.82) is 0 Å². The zero-order chi connectivity index (χ0) is 28.7.